The highest BCUT2D eigenvalue weighted by atomic mass is 19.1. The zero-order valence-corrected chi connectivity index (χ0v) is 23.4. The first kappa shape index (κ1) is 30.4. The first-order valence-corrected chi connectivity index (χ1v) is 13.8. The minimum atomic E-state index is -0.741. The smallest absolute Gasteiger partial charge is 0.286 e. The number of carbonyl (C=O) groups is 2. The monoisotopic (exact) mass is 568 g/mol. The van der Waals surface area contributed by atoms with Crippen LogP contribution in [0.1, 0.15) is 42.1 Å². The second kappa shape index (κ2) is 14.9. The predicted molar refractivity (Wildman–Crippen MR) is 151 cm³/mol. The van der Waals surface area contributed by atoms with Crippen molar-refractivity contribution in [3.05, 3.63) is 83.5 Å². The summed E-state index contributed by atoms with van der Waals surface area (Å²) in [5.74, 6) is -1.33. The molecule has 0 fully saturated rings. The van der Waals surface area contributed by atoms with Gasteiger partial charge in [-0.3, -0.25) is 14.2 Å². The van der Waals surface area contributed by atoms with Crippen LogP contribution in [0.3, 0.4) is 0 Å². The normalized spacial score (nSPS) is 18.6. The lowest BCUT2D eigenvalue weighted by atomic mass is 9.81. The number of aromatic nitrogens is 1. The number of hydrogen-bond acceptors (Lipinski definition) is 7. The Bertz CT molecular complexity index is 1340. The minimum Gasteiger partial charge on any atom is -0.459 e. The number of para-hydroxylation sites is 1. The third kappa shape index (κ3) is 7.80. The molecule has 1 aliphatic heterocycles. The zero-order chi connectivity index (χ0) is 29.2. The molecule has 3 atom stereocenters. The zero-order valence-electron chi connectivity index (χ0n) is 23.4. The molecule has 4 rings (SSSR count). The largest absolute Gasteiger partial charge is 0.459 e. The Morgan fingerprint density at radius 3 is 2.49 bits per heavy atom. The third-order valence-electron chi connectivity index (χ3n) is 6.95. The van der Waals surface area contributed by atoms with Gasteiger partial charge in [-0.1, -0.05) is 30.3 Å². The number of nitrogens with zero attached hydrogens (tertiary/aromatic N) is 1. The molecule has 2 N–H and O–H groups in total. The van der Waals surface area contributed by atoms with E-state index in [1.54, 1.807) is 22.8 Å². The molecule has 0 saturated heterocycles. The van der Waals surface area contributed by atoms with Gasteiger partial charge in [-0.05, 0) is 48.7 Å². The van der Waals surface area contributed by atoms with E-state index in [2.05, 4.69) is 5.32 Å². The molecule has 2 heterocycles. The number of amides is 1. The Kier molecular flexibility index (Phi) is 11.0. The molecule has 3 aromatic rings. The second-order valence-electron chi connectivity index (χ2n) is 9.70. The number of rotatable bonds is 14. The number of nitrogens with one attached hydrogen (secondary N) is 1. The van der Waals surface area contributed by atoms with E-state index in [0.717, 1.165) is 22.0 Å². The highest BCUT2D eigenvalue weighted by Gasteiger charge is 2.39. The maximum Gasteiger partial charge on any atom is 0.286 e. The van der Waals surface area contributed by atoms with Gasteiger partial charge >= 0.3 is 0 Å². The van der Waals surface area contributed by atoms with E-state index in [1.807, 2.05) is 37.4 Å². The van der Waals surface area contributed by atoms with E-state index in [9.17, 15) is 14.0 Å². The first-order chi connectivity index (χ1) is 19.9. The van der Waals surface area contributed by atoms with Crippen molar-refractivity contribution in [2.24, 2.45) is 5.92 Å². The average Bonchev–Trinajstić information content (AvgIpc) is 3.37. The molecule has 0 spiro atoms. The Balaban J connectivity index is 1.63. The first-order valence-electron chi connectivity index (χ1n) is 13.8. The van der Waals surface area contributed by atoms with E-state index in [4.69, 9.17) is 24.1 Å². The molecule has 10 heteroatoms. The molecular formula is C31H37FN2O7. The second-order valence-corrected chi connectivity index (χ2v) is 9.70. The number of ether oxygens (including phenoxy) is 4. The molecule has 0 radical (unpaired) electrons. The lowest BCUT2D eigenvalue weighted by molar-refractivity contribution is -0.168. The van der Waals surface area contributed by atoms with Crippen LogP contribution in [0.25, 0.3) is 10.9 Å². The van der Waals surface area contributed by atoms with Crippen LogP contribution in [0, 0.1) is 11.7 Å². The van der Waals surface area contributed by atoms with Crippen molar-refractivity contribution in [2.45, 2.75) is 39.0 Å². The molecule has 0 aliphatic carbocycles. The van der Waals surface area contributed by atoms with Crippen molar-refractivity contribution < 1.29 is 38.0 Å². The van der Waals surface area contributed by atoms with Crippen LogP contribution in [-0.2, 0) is 30.3 Å². The molecule has 1 aromatic heterocycles. The van der Waals surface area contributed by atoms with E-state index >= 15 is 0 Å². The fourth-order valence-corrected chi connectivity index (χ4v) is 5.00. The highest BCUT2D eigenvalue weighted by molar-refractivity contribution is 5.95. The number of hydrogen-bond donors (Lipinski definition) is 2. The Morgan fingerprint density at radius 2 is 1.78 bits per heavy atom. The van der Waals surface area contributed by atoms with Gasteiger partial charge < -0.3 is 29.4 Å². The summed E-state index contributed by atoms with van der Waals surface area (Å²) in [4.78, 5) is 25.8. The van der Waals surface area contributed by atoms with E-state index in [-0.39, 0.29) is 49.1 Å². The topological polar surface area (TPSA) is 108 Å². The summed E-state index contributed by atoms with van der Waals surface area (Å²) in [5, 5.41) is 12.6. The van der Waals surface area contributed by atoms with Gasteiger partial charge in [-0.2, -0.15) is 0 Å². The van der Waals surface area contributed by atoms with Crippen molar-refractivity contribution >= 4 is 22.7 Å². The van der Waals surface area contributed by atoms with Gasteiger partial charge in [-0.25, -0.2) is 4.39 Å². The molecule has 1 amide bonds. The van der Waals surface area contributed by atoms with E-state index < -0.39 is 12.2 Å². The number of carbonyl (C=O) groups excluding carboxylic acids is 2. The molecule has 0 saturated carbocycles. The maximum absolute atomic E-state index is 13.3. The van der Waals surface area contributed by atoms with Gasteiger partial charge in [0.1, 0.15) is 5.82 Å². The van der Waals surface area contributed by atoms with Crippen LogP contribution >= 0.6 is 0 Å². The molecule has 2 aromatic carbocycles. The highest BCUT2D eigenvalue weighted by Crippen LogP contribution is 2.42. The number of aliphatic hydroxyl groups is 1. The summed E-state index contributed by atoms with van der Waals surface area (Å²) in [6.45, 7) is 5.27. The summed E-state index contributed by atoms with van der Waals surface area (Å²) < 4.78 is 38.1. The van der Waals surface area contributed by atoms with Gasteiger partial charge in [-0.15, -0.1) is 0 Å². The van der Waals surface area contributed by atoms with Crippen LogP contribution in [0.15, 0.2) is 66.6 Å². The summed E-state index contributed by atoms with van der Waals surface area (Å²) in [6, 6.07) is 13.6. The van der Waals surface area contributed by atoms with Crippen molar-refractivity contribution in [1.82, 2.24) is 9.88 Å². The Labute approximate surface area is 238 Å². The summed E-state index contributed by atoms with van der Waals surface area (Å²) >= 11 is 0. The molecule has 9 nitrogen and oxygen atoms in total. The lowest BCUT2D eigenvalue weighted by Crippen LogP contribution is -2.39. The fourth-order valence-electron chi connectivity index (χ4n) is 5.00. The molecule has 220 valence electrons. The van der Waals surface area contributed by atoms with Gasteiger partial charge in [0.2, 0.25) is 12.2 Å². The van der Waals surface area contributed by atoms with Crippen molar-refractivity contribution in [1.29, 1.82) is 0 Å². The van der Waals surface area contributed by atoms with Gasteiger partial charge in [0.25, 0.3) is 5.91 Å². The van der Waals surface area contributed by atoms with Crippen LogP contribution in [0.5, 0.6) is 0 Å². The van der Waals surface area contributed by atoms with Crippen LogP contribution in [0.2, 0.25) is 0 Å². The fraction of sp³-hybridized carbons (Fsp3) is 0.419. The number of benzene rings is 2. The summed E-state index contributed by atoms with van der Waals surface area (Å²) in [7, 11) is 0. The van der Waals surface area contributed by atoms with Gasteiger partial charge in [0.15, 0.2) is 5.76 Å². The molecule has 0 unspecified atom stereocenters. The summed E-state index contributed by atoms with van der Waals surface area (Å²) in [5.41, 5.74) is 2.40. The quantitative estimate of drug-likeness (QED) is 0.281. The predicted octanol–water partition coefficient (Wildman–Crippen LogP) is 4.15. The van der Waals surface area contributed by atoms with Crippen LogP contribution in [0.4, 0.5) is 4.39 Å². The van der Waals surface area contributed by atoms with Crippen LogP contribution < -0.4 is 5.32 Å². The third-order valence-corrected chi connectivity index (χ3v) is 6.95. The maximum atomic E-state index is 13.3. The van der Waals surface area contributed by atoms with Crippen molar-refractivity contribution in [2.75, 3.05) is 39.6 Å². The lowest BCUT2D eigenvalue weighted by Gasteiger charge is -2.36. The number of fused-ring (bicyclic) bond motifs is 1. The Morgan fingerprint density at radius 1 is 1.05 bits per heavy atom. The SMILES string of the molecule is CCO[C@H]1OC(C(=O)NCc2ccc(F)cc2)=C[C@@H](c2cn(C(C)=O)c3ccccc23)[C@@H]1CCOCCOCCO. The molecule has 1 aliphatic rings. The van der Waals surface area contributed by atoms with Crippen molar-refractivity contribution in [3.8, 4) is 0 Å². The van der Waals surface area contributed by atoms with E-state index in [0.29, 0.717) is 32.8 Å². The molecule has 41 heavy (non-hydrogen) atoms. The number of halogens is 1. The number of allylic oxidation sites excluding steroid dienone is 1. The van der Waals surface area contributed by atoms with Crippen LogP contribution in [-0.4, -0.2) is 67.4 Å². The van der Waals surface area contributed by atoms with Gasteiger partial charge in [0.05, 0.1) is 31.9 Å². The van der Waals surface area contributed by atoms with E-state index in [1.165, 1.54) is 19.1 Å². The van der Waals surface area contributed by atoms with Gasteiger partial charge in [0, 0.05) is 50.1 Å². The molecular weight excluding hydrogens is 531 g/mol. The standard InChI is InChI=1S/C31H37FN2O7/c1-3-40-31-25(12-14-38-16-17-39-15-13-35)26(27-20-34(21(2)36)28-7-5-4-6-24(27)28)18-29(41-31)30(37)33-19-22-8-10-23(32)11-9-22/h4-11,18,20,25-26,31,35H,3,12-17,19H2,1-2H3,(H,33,37)/t25-,26+,31-/m0/s1. The Hall–Kier alpha value is -3.57. The molecule has 0 bridgehead atoms. The minimum absolute atomic E-state index is 0.0445. The average molecular weight is 569 g/mol. The summed E-state index contributed by atoms with van der Waals surface area (Å²) in [6.07, 6.45) is 3.43. The number of aliphatic hydroxyl groups excluding tert-OH is 1. The van der Waals surface area contributed by atoms with Crippen molar-refractivity contribution in [3.63, 3.8) is 0 Å².